The minimum absolute atomic E-state index is 0.168. The predicted molar refractivity (Wildman–Crippen MR) is 135 cm³/mol. The average molecular weight is 492 g/mol. The summed E-state index contributed by atoms with van der Waals surface area (Å²) < 4.78 is 10.4. The number of anilines is 2. The van der Waals surface area contributed by atoms with Crippen LogP contribution in [0.3, 0.4) is 0 Å². The number of benzene rings is 2. The van der Waals surface area contributed by atoms with Gasteiger partial charge in [0.1, 0.15) is 17.7 Å². The molecule has 2 amide bonds. The van der Waals surface area contributed by atoms with Gasteiger partial charge in [-0.25, -0.2) is 19.6 Å². The summed E-state index contributed by atoms with van der Waals surface area (Å²) in [7, 11) is 1.31. The third kappa shape index (κ3) is 5.54. The van der Waals surface area contributed by atoms with Crippen molar-refractivity contribution >= 4 is 40.4 Å². The van der Waals surface area contributed by atoms with Crippen LogP contribution in [0.15, 0.2) is 54.9 Å². The molecule has 2 unspecified atom stereocenters. The van der Waals surface area contributed by atoms with E-state index in [0.29, 0.717) is 28.0 Å². The van der Waals surface area contributed by atoms with Crippen molar-refractivity contribution in [3.8, 4) is 0 Å². The summed E-state index contributed by atoms with van der Waals surface area (Å²) in [6.45, 7) is 5.78. The lowest BCUT2D eigenvalue weighted by Crippen LogP contribution is -2.37. The zero-order valence-electron chi connectivity index (χ0n) is 20.6. The van der Waals surface area contributed by atoms with Crippen LogP contribution >= 0.6 is 0 Å². The molecule has 2 aromatic carbocycles. The van der Waals surface area contributed by atoms with Crippen LogP contribution < -0.4 is 10.6 Å². The van der Waals surface area contributed by atoms with Gasteiger partial charge in [0.15, 0.2) is 0 Å². The summed E-state index contributed by atoms with van der Waals surface area (Å²) in [4.78, 5) is 48.5. The molecular weight excluding hydrogens is 462 g/mol. The van der Waals surface area contributed by atoms with E-state index >= 15 is 0 Å². The Morgan fingerprint density at radius 2 is 1.75 bits per heavy atom. The molecule has 2 atom stereocenters. The van der Waals surface area contributed by atoms with Gasteiger partial charge in [0, 0.05) is 24.2 Å². The van der Waals surface area contributed by atoms with Gasteiger partial charge in [0.05, 0.1) is 30.1 Å². The number of nitrogens with one attached hydrogen (secondary N) is 2. The summed E-state index contributed by atoms with van der Waals surface area (Å²) >= 11 is 0. The molecule has 2 N–H and O–H groups in total. The number of carbonyl (C=O) groups excluding carboxylic acids is 3. The fourth-order valence-electron chi connectivity index (χ4n) is 4.10. The summed E-state index contributed by atoms with van der Waals surface area (Å²) in [5, 5.41) is 6.84. The number of methoxy groups -OCH3 is 1. The molecule has 0 radical (unpaired) electrons. The number of amides is 2. The van der Waals surface area contributed by atoms with Crippen LogP contribution in [0, 0.1) is 5.92 Å². The van der Waals surface area contributed by atoms with Gasteiger partial charge in [-0.1, -0.05) is 24.3 Å². The molecule has 1 saturated heterocycles. The second kappa shape index (κ2) is 10.2. The highest BCUT2D eigenvalue weighted by atomic mass is 16.6. The normalized spacial score (nSPS) is 17.5. The van der Waals surface area contributed by atoms with Crippen molar-refractivity contribution in [3.05, 3.63) is 60.4 Å². The highest BCUT2D eigenvalue weighted by Crippen LogP contribution is 2.28. The minimum Gasteiger partial charge on any atom is -0.465 e. The number of hydrogen-bond acceptors (Lipinski definition) is 8. The van der Waals surface area contributed by atoms with Crippen LogP contribution in [0.25, 0.3) is 10.9 Å². The molecule has 2 heterocycles. The Hall–Kier alpha value is -4.21. The van der Waals surface area contributed by atoms with Crippen molar-refractivity contribution < 1.29 is 23.9 Å². The molecule has 10 heteroatoms. The molecule has 0 bridgehead atoms. The summed E-state index contributed by atoms with van der Waals surface area (Å²) in [5.41, 5.74) is 0.722. The SMILES string of the molecule is COC(=O)c1cccc2c(NC3CN(C(=O)OC(C)(C)C)CC3C(=O)Nc3ccccc3)ncnc12. The van der Waals surface area contributed by atoms with E-state index in [1.807, 2.05) is 18.2 Å². The highest BCUT2D eigenvalue weighted by Gasteiger charge is 2.41. The number of carbonyl (C=O) groups is 3. The van der Waals surface area contributed by atoms with Crippen LogP contribution in [0.4, 0.5) is 16.3 Å². The lowest BCUT2D eigenvalue weighted by Gasteiger charge is -2.24. The molecule has 36 heavy (non-hydrogen) atoms. The van der Waals surface area contributed by atoms with E-state index < -0.39 is 29.6 Å². The molecule has 1 aromatic heterocycles. The van der Waals surface area contributed by atoms with Crippen molar-refractivity contribution in [2.45, 2.75) is 32.4 Å². The van der Waals surface area contributed by atoms with E-state index in [2.05, 4.69) is 20.6 Å². The number of aromatic nitrogens is 2. The van der Waals surface area contributed by atoms with Crippen LogP contribution in [-0.2, 0) is 14.3 Å². The summed E-state index contributed by atoms with van der Waals surface area (Å²) in [6, 6.07) is 13.8. The molecule has 1 fully saturated rings. The summed E-state index contributed by atoms with van der Waals surface area (Å²) in [6.07, 6.45) is 0.848. The van der Waals surface area contributed by atoms with E-state index in [1.54, 1.807) is 51.1 Å². The van der Waals surface area contributed by atoms with Crippen molar-refractivity contribution in [2.24, 2.45) is 5.92 Å². The second-order valence-electron chi connectivity index (χ2n) is 9.51. The number of nitrogens with zero attached hydrogens (tertiary/aromatic N) is 3. The molecule has 0 spiro atoms. The lowest BCUT2D eigenvalue weighted by atomic mass is 10.0. The highest BCUT2D eigenvalue weighted by molar-refractivity contribution is 6.05. The maximum atomic E-state index is 13.3. The molecule has 3 aromatic rings. The molecule has 0 saturated carbocycles. The Morgan fingerprint density at radius 3 is 2.44 bits per heavy atom. The number of hydrogen-bond donors (Lipinski definition) is 2. The number of likely N-dealkylation sites (tertiary alicyclic amines) is 1. The third-order valence-electron chi connectivity index (χ3n) is 5.74. The molecular formula is C26H29N5O5. The van der Waals surface area contributed by atoms with Gasteiger partial charge >= 0.3 is 12.1 Å². The summed E-state index contributed by atoms with van der Waals surface area (Å²) in [5.74, 6) is -0.897. The predicted octanol–water partition coefficient (Wildman–Crippen LogP) is 3.70. The van der Waals surface area contributed by atoms with Crippen molar-refractivity contribution in [3.63, 3.8) is 0 Å². The van der Waals surface area contributed by atoms with Crippen LogP contribution in [0.2, 0.25) is 0 Å². The number of fused-ring (bicyclic) bond motifs is 1. The largest absolute Gasteiger partial charge is 0.465 e. The van der Waals surface area contributed by atoms with E-state index in [1.165, 1.54) is 18.3 Å². The minimum atomic E-state index is -0.669. The number of ether oxygens (including phenoxy) is 2. The van der Waals surface area contributed by atoms with E-state index in [-0.39, 0.29) is 19.0 Å². The molecule has 4 rings (SSSR count). The van der Waals surface area contributed by atoms with Gasteiger partial charge < -0.3 is 25.0 Å². The Bertz CT molecular complexity index is 1270. The zero-order valence-corrected chi connectivity index (χ0v) is 20.6. The quantitative estimate of drug-likeness (QED) is 0.518. The number of para-hydroxylation sites is 2. The van der Waals surface area contributed by atoms with E-state index in [9.17, 15) is 14.4 Å². The molecule has 10 nitrogen and oxygen atoms in total. The average Bonchev–Trinajstić information content (AvgIpc) is 3.27. The van der Waals surface area contributed by atoms with Crippen molar-refractivity contribution in [1.82, 2.24) is 14.9 Å². The third-order valence-corrected chi connectivity index (χ3v) is 5.74. The van der Waals surface area contributed by atoms with Gasteiger partial charge in [-0.15, -0.1) is 0 Å². The zero-order chi connectivity index (χ0) is 25.9. The lowest BCUT2D eigenvalue weighted by molar-refractivity contribution is -0.119. The van der Waals surface area contributed by atoms with Crippen molar-refractivity contribution in [2.75, 3.05) is 30.8 Å². The van der Waals surface area contributed by atoms with Gasteiger partial charge in [-0.05, 0) is 45.0 Å². The molecule has 1 aliphatic rings. The number of rotatable bonds is 5. The number of esters is 1. The van der Waals surface area contributed by atoms with Crippen LogP contribution in [0.1, 0.15) is 31.1 Å². The maximum Gasteiger partial charge on any atom is 0.410 e. The standard InChI is InChI=1S/C26H29N5O5/c1-26(2,3)36-25(34)31-13-19(23(32)29-16-9-6-5-7-10-16)20(14-31)30-22-17-11-8-12-18(24(33)35-4)21(17)27-15-28-22/h5-12,15,19-20H,13-14H2,1-4H3,(H,29,32)(H,27,28,30). The Morgan fingerprint density at radius 1 is 1.00 bits per heavy atom. The van der Waals surface area contributed by atoms with Crippen LogP contribution in [0.5, 0.6) is 0 Å². The van der Waals surface area contributed by atoms with Gasteiger partial charge in [-0.2, -0.15) is 0 Å². The van der Waals surface area contributed by atoms with Crippen molar-refractivity contribution in [1.29, 1.82) is 0 Å². The smallest absolute Gasteiger partial charge is 0.410 e. The Labute approximate surface area is 209 Å². The Balaban J connectivity index is 1.64. The van der Waals surface area contributed by atoms with E-state index in [0.717, 1.165) is 0 Å². The maximum absolute atomic E-state index is 13.3. The van der Waals surface area contributed by atoms with Crippen LogP contribution in [-0.4, -0.2) is 64.7 Å². The first kappa shape index (κ1) is 24.9. The molecule has 0 aliphatic carbocycles. The molecule has 1 aliphatic heterocycles. The van der Waals surface area contributed by atoms with Gasteiger partial charge in [0.25, 0.3) is 0 Å². The fraction of sp³-hybridized carbons (Fsp3) is 0.346. The second-order valence-corrected chi connectivity index (χ2v) is 9.51. The first-order valence-electron chi connectivity index (χ1n) is 11.6. The molecule has 188 valence electrons. The van der Waals surface area contributed by atoms with Gasteiger partial charge in [0.2, 0.25) is 5.91 Å². The first-order valence-corrected chi connectivity index (χ1v) is 11.6. The van der Waals surface area contributed by atoms with E-state index in [4.69, 9.17) is 9.47 Å². The van der Waals surface area contributed by atoms with Gasteiger partial charge in [-0.3, -0.25) is 4.79 Å². The Kier molecular flexibility index (Phi) is 7.05. The fourth-order valence-corrected chi connectivity index (χ4v) is 4.10. The first-order chi connectivity index (χ1) is 17.2. The topological polar surface area (TPSA) is 123 Å². The monoisotopic (exact) mass is 491 g/mol.